The molecule has 0 aromatic heterocycles. The summed E-state index contributed by atoms with van der Waals surface area (Å²) in [7, 11) is 0. The van der Waals surface area contributed by atoms with Gasteiger partial charge in [-0.05, 0) is 97.8 Å². The fourth-order valence-corrected chi connectivity index (χ4v) is 16.6. The van der Waals surface area contributed by atoms with Gasteiger partial charge in [0.25, 0.3) is 0 Å². The van der Waals surface area contributed by atoms with Crippen molar-refractivity contribution in [2.75, 3.05) is 33.2 Å². The highest BCUT2D eigenvalue weighted by atomic mass is 35.6. The van der Waals surface area contributed by atoms with Crippen LogP contribution < -0.4 is 10.6 Å². The molecule has 6 saturated heterocycles. The minimum atomic E-state index is -2.44. The molecule has 6 aromatic rings. The lowest BCUT2D eigenvalue weighted by atomic mass is 9.78. The number of halogens is 3. The van der Waals surface area contributed by atoms with Gasteiger partial charge in [0, 0.05) is 50.5 Å². The zero-order chi connectivity index (χ0) is 93.8. The molecular weight excluding hydrogens is 1780 g/mol. The molecule has 0 radical (unpaired) electrons. The number of carbonyl (C=O) groups excluding carboxylic acids is 10. The minimum Gasteiger partial charge on any atom is -0.460 e. The Balaban J connectivity index is 1.10. The molecule has 6 heterocycles. The van der Waals surface area contributed by atoms with E-state index in [-0.39, 0.29) is 46.1 Å². The molecule has 704 valence electrons. The van der Waals surface area contributed by atoms with Crippen molar-refractivity contribution in [3.8, 4) is 0 Å². The van der Waals surface area contributed by atoms with Gasteiger partial charge in [0.15, 0.2) is 61.7 Å². The van der Waals surface area contributed by atoms with E-state index in [1.54, 1.807) is 104 Å². The number of alkyl halides is 3. The number of alkyl carbamates (subject to hydrolysis) is 1. The van der Waals surface area contributed by atoms with E-state index >= 15 is 19.2 Å². The Morgan fingerprint density at radius 3 is 1.48 bits per heavy atom. The largest absolute Gasteiger partial charge is 0.460 e. The Kier molecular flexibility index (Phi) is 35.1. The fourth-order valence-electron chi connectivity index (χ4n) is 16.5. The second-order valence-corrected chi connectivity index (χ2v) is 34.7. The number of hydrogen-bond donors (Lipinski definition) is 2. The Morgan fingerprint density at radius 1 is 0.504 bits per heavy atom. The van der Waals surface area contributed by atoms with E-state index < -0.39 is 256 Å². The lowest BCUT2D eigenvalue weighted by molar-refractivity contribution is -0.405. The first-order valence-corrected chi connectivity index (χ1v) is 43.8. The third-order valence-corrected chi connectivity index (χ3v) is 23.2. The predicted octanol–water partition coefficient (Wildman–Crippen LogP) is 12.2. The number of rotatable bonds is 34. The number of ether oxygens (including phenoxy) is 21. The summed E-state index contributed by atoms with van der Waals surface area (Å²) in [6.07, 6.45) is -38.4. The van der Waals surface area contributed by atoms with Crippen molar-refractivity contribution in [3.05, 3.63) is 226 Å². The van der Waals surface area contributed by atoms with Crippen molar-refractivity contribution in [1.82, 2.24) is 10.6 Å². The fraction of sp³-hybridized carbons (Fsp3) is 0.500. The average Bonchev–Trinajstić information content (AvgIpc) is 0.743. The van der Waals surface area contributed by atoms with E-state index in [2.05, 4.69) is 20.7 Å². The molecule has 2 amide bonds. The number of hydrogen-bond acceptors (Lipinski definition) is 32. The van der Waals surface area contributed by atoms with Crippen LogP contribution in [0.5, 0.6) is 0 Å². The van der Waals surface area contributed by atoms with Gasteiger partial charge in [0.2, 0.25) is 9.70 Å². The second-order valence-electron chi connectivity index (χ2n) is 32.2. The van der Waals surface area contributed by atoms with Gasteiger partial charge in [-0.1, -0.05) is 196 Å². The van der Waals surface area contributed by atoms with Crippen LogP contribution in [-0.4, -0.2) is 237 Å². The zero-order valence-corrected chi connectivity index (χ0v) is 75.4. The van der Waals surface area contributed by atoms with Crippen LogP contribution in [0.25, 0.3) is 10.4 Å². The summed E-state index contributed by atoms with van der Waals surface area (Å²) in [5.74, 6) is -11.7. The number of azide groups is 1. The molecule has 0 spiro atoms. The van der Waals surface area contributed by atoms with E-state index in [0.29, 0.717) is 12.0 Å². The van der Waals surface area contributed by atoms with E-state index in [0.717, 1.165) is 27.7 Å². The highest BCUT2D eigenvalue weighted by Gasteiger charge is 2.63. The molecule has 12 rings (SSSR count). The summed E-state index contributed by atoms with van der Waals surface area (Å²) in [4.78, 5) is 147. The normalized spacial score (nSPS) is 30.4. The Bertz CT molecular complexity index is 4880. The van der Waals surface area contributed by atoms with Gasteiger partial charge in [-0.3, -0.25) is 19.2 Å². The number of benzene rings is 6. The number of fused-ring (bicyclic) bond motifs is 1. The van der Waals surface area contributed by atoms with Crippen LogP contribution in [0, 0.1) is 17.8 Å². The maximum atomic E-state index is 15.7. The molecule has 6 aromatic carbocycles. The Hall–Kier alpha value is -10.5. The summed E-state index contributed by atoms with van der Waals surface area (Å²) >= 11 is 19.1. The second kappa shape index (κ2) is 46.3. The van der Waals surface area contributed by atoms with Crippen LogP contribution >= 0.6 is 34.8 Å². The summed E-state index contributed by atoms with van der Waals surface area (Å²) < 4.78 is 139. The first-order valence-electron chi connectivity index (χ1n) is 42.7. The van der Waals surface area contributed by atoms with Gasteiger partial charge in [-0.25, -0.2) is 28.8 Å². The maximum Gasteiger partial charge on any atom is 0.407 e. The van der Waals surface area contributed by atoms with Gasteiger partial charge in [0.1, 0.15) is 99.7 Å². The third kappa shape index (κ3) is 26.3. The van der Waals surface area contributed by atoms with Crippen LogP contribution in [0.3, 0.4) is 0 Å². The van der Waals surface area contributed by atoms with Crippen molar-refractivity contribution in [1.29, 1.82) is 0 Å². The number of carbonyl (C=O) groups is 10. The van der Waals surface area contributed by atoms with E-state index in [9.17, 15) is 34.3 Å². The van der Waals surface area contributed by atoms with Crippen LogP contribution in [0.2, 0.25) is 0 Å². The van der Waals surface area contributed by atoms with Gasteiger partial charge in [-0.2, -0.15) is 0 Å². The third-order valence-electron chi connectivity index (χ3n) is 22.9. The van der Waals surface area contributed by atoms with E-state index in [4.69, 9.17) is 134 Å². The molecule has 39 heteroatoms. The molecule has 0 saturated carbocycles. The zero-order valence-electron chi connectivity index (χ0n) is 73.1. The summed E-state index contributed by atoms with van der Waals surface area (Å²) in [6, 6.07) is 43.1. The number of nitrogens with zero attached hydrogens (tertiary/aromatic N) is 3. The van der Waals surface area contributed by atoms with Crippen LogP contribution in [0.1, 0.15) is 152 Å². The minimum absolute atomic E-state index is 0.00847. The lowest BCUT2D eigenvalue weighted by Gasteiger charge is -2.54. The van der Waals surface area contributed by atoms with E-state index in [1.165, 1.54) is 91.9 Å². The number of amides is 2. The maximum absolute atomic E-state index is 15.7. The highest BCUT2D eigenvalue weighted by molar-refractivity contribution is 6.67. The van der Waals surface area contributed by atoms with Gasteiger partial charge < -0.3 is 110 Å². The summed E-state index contributed by atoms with van der Waals surface area (Å²) in [6.45, 7) is 11.3. The number of nitrogens with one attached hydrogen (secondary N) is 2. The average molecular weight is 1880 g/mol. The molecule has 27 atom stereocenters. The van der Waals surface area contributed by atoms with Crippen LogP contribution in [0.4, 0.5) is 4.79 Å². The molecular formula is C92H104Cl3N5O31. The lowest BCUT2D eigenvalue weighted by Crippen LogP contribution is -2.72. The molecule has 11 unspecified atom stereocenters. The quantitative estimate of drug-likeness (QED) is 0.00946. The van der Waals surface area contributed by atoms with Crippen molar-refractivity contribution in [3.63, 3.8) is 0 Å². The van der Waals surface area contributed by atoms with Crippen molar-refractivity contribution < 1.29 is 147 Å². The SMILES string of the molecule is CCC1O[C@@H](O[C@H]2C(COC(=O)c3ccccc3)O[C@@H](OCN=[N+]=[N-])C(OC(=O)c3ccccc3)[C@H]2O[C@@H]2OC3COC(c4ccccc4)O[C@H]3[C@H](O[C@@H]3OC(COC(=O)c4ccccc4)[C@H](OC(=O)c4ccccc4)[C@H](O[C@]4(C)C[C@@H](OC(C)=O)C(NC(C)=O)C([C@H](OC(C)=O)[C@@H](CC)OC(C)=O)O4)C3OC(=O)c3ccccc3)C2NC(=O)OCC(Cl)(Cl)Cl)C(C)[C@@H](C)[C@@H]1C. The molecule has 6 aliphatic rings. The first kappa shape index (κ1) is 99.5. The summed E-state index contributed by atoms with van der Waals surface area (Å²) in [5.41, 5.74) is 10.1. The van der Waals surface area contributed by atoms with Crippen molar-refractivity contribution in [2.24, 2.45) is 22.9 Å². The molecule has 6 fully saturated rings. The predicted molar refractivity (Wildman–Crippen MR) is 458 cm³/mol. The molecule has 6 aliphatic heterocycles. The molecule has 0 bridgehead atoms. The Labute approximate surface area is 769 Å². The van der Waals surface area contributed by atoms with E-state index in [1.807, 2.05) is 27.7 Å². The van der Waals surface area contributed by atoms with Crippen LogP contribution in [-0.2, 0) is 119 Å². The van der Waals surface area contributed by atoms with Gasteiger partial charge in [0.05, 0.1) is 46.6 Å². The monoisotopic (exact) mass is 1880 g/mol. The topological polar surface area (TPSA) is 437 Å². The van der Waals surface area contributed by atoms with Crippen molar-refractivity contribution in [2.45, 2.75) is 239 Å². The Morgan fingerprint density at radius 2 is 0.985 bits per heavy atom. The smallest absolute Gasteiger partial charge is 0.407 e. The number of esters is 8. The first-order chi connectivity index (χ1) is 62.8. The molecule has 131 heavy (non-hydrogen) atoms. The van der Waals surface area contributed by atoms with Gasteiger partial charge >= 0.3 is 53.8 Å². The molecule has 36 nitrogen and oxygen atoms in total. The van der Waals surface area contributed by atoms with Gasteiger partial charge in [-0.15, -0.1) is 0 Å². The highest BCUT2D eigenvalue weighted by Crippen LogP contribution is 2.46. The molecule has 2 N–H and O–H groups in total. The van der Waals surface area contributed by atoms with Crippen molar-refractivity contribution >= 4 is 94.6 Å². The van der Waals surface area contributed by atoms with Crippen LogP contribution in [0.15, 0.2) is 187 Å². The molecule has 0 aliphatic carbocycles. The standard InChI is InChI=1S/C92H104Cl3N5O31/c1-11-62-50(4)49(3)51(5)85(119-62)126-72-65(44-111-80(105)56-31-19-13-20-32-56)121-88(115-48-97-100-96)78(124-83(108)59-37-25-16-26-38-59)76(72)129-87-69(99-90(110)114-47-92(93,94)95)74(71-67(120-87)46-113-86(127-71)61-41-29-18-30-42-61)128-89-79(125-84(109)60-39-27-17-28-40-60)77(73(123-82(107)58-35-23-15-24-36-58)66(122-89)45-112-81(106)57-33-21-14-22-34-57)131-91(10)43-64(117-54(8)103)68(98-52(6)101)75(130-91)70(118-55(9)104)63(12-2)116-53(7)102/h13-42,49-51,62-79,85-89H,11-12,43-48H2,1-10H3,(H,98,101)(H,99,110)/t49-,50-,51?,62?,63+,64+,65?,66?,67?,68?,69?,70+,71+,72-,73-,74+,75?,76-,77-,78?,79?,85-,86?,87-,88+,89-,91+/m0/s1. The summed E-state index contributed by atoms with van der Waals surface area (Å²) in [5, 5.41) is 9.18.